The Kier molecular flexibility index (Phi) is 4.62. The lowest BCUT2D eigenvalue weighted by Crippen LogP contribution is -2.68. The second-order valence-corrected chi connectivity index (χ2v) is 7.26. The van der Waals surface area contributed by atoms with Crippen LogP contribution in [0.4, 0.5) is 5.69 Å². The summed E-state index contributed by atoms with van der Waals surface area (Å²) in [5.41, 5.74) is 2.89. The van der Waals surface area contributed by atoms with Crippen molar-refractivity contribution >= 4 is 35.6 Å². The average molecular weight is 427 g/mol. The second kappa shape index (κ2) is 6.24. The van der Waals surface area contributed by atoms with Crippen molar-refractivity contribution in [3.63, 3.8) is 0 Å². The van der Waals surface area contributed by atoms with E-state index in [0.29, 0.717) is 18.1 Å². The minimum atomic E-state index is 0. The number of hydrogen-bond donors (Lipinski definition) is 1. The highest BCUT2D eigenvalue weighted by Crippen LogP contribution is 2.52. The highest BCUT2D eigenvalue weighted by molar-refractivity contribution is 14.0. The number of anilines is 1. The number of nitrogens with zero attached hydrogens (tertiary/aromatic N) is 2. The zero-order valence-corrected chi connectivity index (χ0v) is 16.4. The van der Waals surface area contributed by atoms with Crippen molar-refractivity contribution in [2.45, 2.75) is 38.8 Å². The number of hydrogen-bond acceptors (Lipinski definition) is 2. The van der Waals surface area contributed by atoms with Gasteiger partial charge in [-0.1, -0.05) is 32.0 Å². The van der Waals surface area contributed by atoms with Crippen molar-refractivity contribution in [3.05, 3.63) is 29.8 Å². The molecule has 2 fully saturated rings. The Balaban J connectivity index is 0.00000156. The van der Waals surface area contributed by atoms with Gasteiger partial charge in [0.2, 0.25) is 0 Å². The first-order valence-electron chi connectivity index (χ1n) is 8.33. The maximum absolute atomic E-state index is 5.90. The van der Waals surface area contributed by atoms with Gasteiger partial charge < -0.3 is 15.0 Å². The van der Waals surface area contributed by atoms with E-state index in [1.807, 2.05) is 7.05 Å². The first-order chi connectivity index (χ1) is 10.6. The summed E-state index contributed by atoms with van der Waals surface area (Å²) >= 11 is 0. The number of nitrogens with one attached hydrogen (secondary N) is 1. The molecule has 0 aromatic heterocycles. The van der Waals surface area contributed by atoms with Crippen molar-refractivity contribution in [3.8, 4) is 0 Å². The van der Waals surface area contributed by atoms with Gasteiger partial charge in [0.05, 0.1) is 6.10 Å². The number of para-hydroxylation sites is 1. The first-order valence-corrected chi connectivity index (χ1v) is 8.33. The molecule has 1 saturated carbocycles. The molecule has 23 heavy (non-hydrogen) atoms. The molecular formula is C18H26IN3O. The van der Waals surface area contributed by atoms with Gasteiger partial charge in [-0.15, -0.1) is 24.0 Å². The second-order valence-electron chi connectivity index (χ2n) is 7.26. The van der Waals surface area contributed by atoms with E-state index in [9.17, 15) is 0 Å². The third-order valence-electron chi connectivity index (χ3n) is 5.74. The van der Waals surface area contributed by atoms with Crippen molar-refractivity contribution < 1.29 is 4.74 Å². The molecule has 2 aliphatic heterocycles. The molecule has 5 heteroatoms. The highest BCUT2D eigenvalue weighted by atomic mass is 127. The molecule has 1 N–H and O–H groups in total. The van der Waals surface area contributed by atoms with Gasteiger partial charge in [0.1, 0.15) is 0 Å². The Bertz CT molecular complexity index is 616. The van der Waals surface area contributed by atoms with Gasteiger partial charge in [-0.3, -0.25) is 4.99 Å². The minimum absolute atomic E-state index is 0. The molecule has 3 atom stereocenters. The number of halogens is 1. The van der Waals surface area contributed by atoms with Crippen LogP contribution in [0, 0.1) is 11.3 Å². The molecule has 1 aromatic carbocycles. The van der Waals surface area contributed by atoms with E-state index in [2.05, 4.69) is 53.3 Å². The molecule has 0 spiro atoms. The molecule has 3 aliphatic rings. The van der Waals surface area contributed by atoms with Crippen LogP contribution in [0.2, 0.25) is 0 Å². The number of benzene rings is 1. The standard InChI is InChI=1S/C18H25N3O.HI/c1-18(2)15(13-9-11-22-16(13)18)20-17(19-3)21-10-8-12-6-4-5-7-14(12)21;/h4-7,13,15-16H,8-11H2,1-3H3,(H,19,20);1H. The van der Waals surface area contributed by atoms with Crippen molar-refractivity contribution in [1.82, 2.24) is 5.32 Å². The van der Waals surface area contributed by atoms with Gasteiger partial charge in [0, 0.05) is 43.3 Å². The van der Waals surface area contributed by atoms with Crippen LogP contribution in [0.15, 0.2) is 29.3 Å². The number of aliphatic imine (C=N–C) groups is 1. The maximum atomic E-state index is 5.90. The van der Waals surface area contributed by atoms with Crippen molar-refractivity contribution in [1.29, 1.82) is 0 Å². The summed E-state index contributed by atoms with van der Waals surface area (Å²) in [5.74, 6) is 1.64. The summed E-state index contributed by atoms with van der Waals surface area (Å²) < 4.78 is 5.90. The van der Waals surface area contributed by atoms with Gasteiger partial charge in [-0.25, -0.2) is 0 Å². The van der Waals surface area contributed by atoms with Crippen LogP contribution in [0.25, 0.3) is 0 Å². The average Bonchev–Trinajstić information content (AvgIpc) is 3.14. The van der Waals surface area contributed by atoms with E-state index in [1.54, 1.807) is 0 Å². The third kappa shape index (κ3) is 2.56. The van der Waals surface area contributed by atoms with Crippen molar-refractivity contribution in [2.24, 2.45) is 16.3 Å². The smallest absolute Gasteiger partial charge is 0.198 e. The summed E-state index contributed by atoms with van der Waals surface area (Å²) in [6.45, 7) is 6.53. The summed E-state index contributed by atoms with van der Waals surface area (Å²) in [5, 5.41) is 3.74. The number of fused-ring (bicyclic) bond motifs is 2. The first kappa shape index (κ1) is 17.0. The van der Waals surface area contributed by atoms with E-state index in [1.165, 1.54) is 17.7 Å². The zero-order chi connectivity index (χ0) is 15.3. The molecule has 0 bridgehead atoms. The molecular weight excluding hydrogens is 401 g/mol. The fourth-order valence-electron chi connectivity index (χ4n) is 4.58. The van der Waals surface area contributed by atoms with Crippen LogP contribution >= 0.6 is 24.0 Å². The molecule has 2 heterocycles. The fraction of sp³-hybridized carbons (Fsp3) is 0.611. The Morgan fingerprint density at radius 3 is 2.91 bits per heavy atom. The summed E-state index contributed by atoms with van der Waals surface area (Å²) in [7, 11) is 1.89. The summed E-state index contributed by atoms with van der Waals surface area (Å²) in [4.78, 5) is 6.89. The molecule has 3 unspecified atom stereocenters. The molecule has 4 nitrogen and oxygen atoms in total. The number of guanidine groups is 1. The summed E-state index contributed by atoms with van der Waals surface area (Å²) in [6.07, 6.45) is 2.67. The Morgan fingerprint density at radius 2 is 2.13 bits per heavy atom. The maximum Gasteiger partial charge on any atom is 0.198 e. The molecule has 1 aromatic rings. The predicted octanol–water partition coefficient (Wildman–Crippen LogP) is 3.06. The van der Waals surface area contributed by atoms with E-state index in [4.69, 9.17) is 4.74 Å². The van der Waals surface area contributed by atoms with E-state index in [0.717, 1.165) is 25.5 Å². The molecule has 126 valence electrons. The van der Waals surface area contributed by atoms with Gasteiger partial charge in [-0.2, -0.15) is 0 Å². The molecule has 1 saturated heterocycles. The quantitative estimate of drug-likeness (QED) is 0.425. The number of ether oxygens (including phenoxy) is 1. The largest absolute Gasteiger partial charge is 0.377 e. The van der Waals surface area contributed by atoms with Crippen molar-refractivity contribution in [2.75, 3.05) is 25.1 Å². The van der Waals surface area contributed by atoms with Gasteiger partial charge in [0.25, 0.3) is 0 Å². The molecule has 4 rings (SSSR count). The van der Waals surface area contributed by atoms with Crippen LogP contribution < -0.4 is 10.2 Å². The molecule has 0 amide bonds. The van der Waals surface area contributed by atoms with Crippen LogP contribution in [0.3, 0.4) is 0 Å². The molecule has 1 aliphatic carbocycles. The molecule has 0 radical (unpaired) electrons. The Morgan fingerprint density at radius 1 is 1.35 bits per heavy atom. The monoisotopic (exact) mass is 427 g/mol. The predicted molar refractivity (Wildman–Crippen MR) is 105 cm³/mol. The van der Waals surface area contributed by atoms with E-state index >= 15 is 0 Å². The van der Waals surface area contributed by atoms with E-state index in [-0.39, 0.29) is 29.4 Å². The van der Waals surface area contributed by atoms with Gasteiger partial charge in [-0.05, 0) is 24.5 Å². The summed E-state index contributed by atoms with van der Waals surface area (Å²) in [6, 6.07) is 9.10. The normalized spacial score (nSPS) is 31.0. The van der Waals surface area contributed by atoms with Crippen LogP contribution in [-0.4, -0.2) is 38.3 Å². The zero-order valence-electron chi connectivity index (χ0n) is 14.1. The topological polar surface area (TPSA) is 36.9 Å². The lowest BCUT2D eigenvalue weighted by atomic mass is 9.57. The van der Waals surface area contributed by atoms with Crippen LogP contribution in [0.1, 0.15) is 25.8 Å². The fourth-order valence-corrected chi connectivity index (χ4v) is 4.58. The van der Waals surface area contributed by atoms with Gasteiger partial charge >= 0.3 is 0 Å². The highest BCUT2D eigenvalue weighted by Gasteiger charge is 2.59. The SMILES string of the molecule is CN=C(NC1C2CCOC2C1(C)C)N1CCc2ccccc21.I. The van der Waals surface area contributed by atoms with Gasteiger partial charge in [0.15, 0.2) is 5.96 Å². The Hall–Kier alpha value is -0.820. The van der Waals surface area contributed by atoms with Crippen LogP contribution in [0.5, 0.6) is 0 Å². The number of rotatable bonds is 1. The minimum Gasteiger partial charge on any atom is -0.377 e. The third-order valence-corrected chi connectivity index (χ3v) is 5.74. The van der Waals surface area contributed by atoms with Crippen LogP contribution in [-0.2, 0) is 11.2 Å². The lowest BCUT2D eigenvalue weighted by Gasteiger charge is -2.55. The van der Waals surface area contributed by atoms with E-state index < -0.39 is 0 Å². The lowest BCUT2D eigenvalue weighted by molar-refractivity contribution is -0.106. The Labute approximate surface area is 155 Å².